The molecule has 0 fully saturated rings. The van der Waals surface area contributed by atoms with Crippen LogP contribution in [0.2, 0.25) is 0 Å². The van der Waals surface area contributed by atoms with Crippen LogP contribution >= 0.6 is 15.9 Å². The summed E-state index contributed by atoms with van der Waals surface area (Å²) in [6.45, 7) is 2.82. The van der Waals surface area contributed by atoms with E-state index in [-0.39, 0.29) is 6.04 Å². The Kier molecular flexibility index (Phi) is 5.38. The summed E-state index contributed by atoms with van der Waals surface area (Å²) in [5.74, 6) is 0.611. The summed E-state index contributed by atoms with van der Waals surface area (Å²) in [5.41, 5.74) is 2.84. The molecule has 108 valence electrons. The number of nitrogens with zero attached hydrogens (tertiary/aromatic N) is 1. The summed E-state index contributed by atoms with van der Waals surface area (Å²) in [4.78, 5) is 0. The molecule has 0 heterocycles. The van der Waals surface area contributed by atoms with E-state index >= 15 is 0 Å². The summed E-state index contributed by atoms with van der Waals surface area (Å²) in [6.07, 6.45) is 0. The fourth-order valence-electron chi connectivity index (χ4n) is 2.16. The molecule has 0 amide bonds. The first-order chi connectivity index (χ1) is 10.2. The van der Waals surface area contributed by atoms with Gasteiger partial charge in [-0.15, -0.1) is 0 Å². The van der Waals surface area contributed by atoms with Crippen molar-refractivity contribution in [1.29, 1.82) is 5.26 Å². The van der Waals surface area contributed by atoms with Crippen molar-refractivity contribution >= 4 is 15.9 Å². The number of halogens is 1. The van der Waals surface area contributed by atoms with Gasteiger partial charge in [-0.1, -0.05) is 40.2 Å². The van der Waals surface area contributed by atoms with Crippen LogP contribution in [0.4, 0.5) is 0 Å². The zero-order valence-corrected chi connectivity index (χ0v) is 13.6. The molecule has 0 aliphatic carbocycles. The fraction of sp³-hybridized carbons (Fsp3) is 0.235. The number of methoxy groups -OCH3 is 1. The molecule has 0 saturated carbocycles. The lowest BCUT2D eigenvalue weighted by Crippen LogP contribution is -2.18. The van der Waals surface area contributed by atoms with E-state index in [9.17, 15) is 0 Å². The van der Waals surface area contributed by atoms with Crippen molar-refractivity contribution in [3.63, 3.8) is 0 Å². The number of benzene rings is 2. The Balaban J connectivity index is 2.07. The Morgan fingerprint density at radius 3 is 2.71 bits per heavy atom. The molecule has 0 aromatic heterocycles. The van der Waals surface area contributed by atoms with E-state index in [1.807, 2.05) is 36.4 Å². The van der Waals surface area contributed by atoms with Crippen molar-refractivity contribution in [3.8, 4) is 11.8 Å². The summed E-state index contributed by atoms with van der Waals surface area (Å²) in [5, 5.41) is 12.6. The zero-order chi connectivity index (χ0) is 15.2. The molecule has 1 atom stereocenters. The SMILES string of the molecule is COc1ccc(CNC(C)c2ccccc2Br)cc1C#N. The molecular weight excluding hydrogens is 328 g/mol. The Bertz CT molecular complexity index is 664. The highest BCUT2D eigenvalue weighted by Crippen LogP contribution is 2.23. The smallest absolute Gasteiger partial charge is 0.136 e. The van der Waals surface area contributed by atoms with Crippen LogP contribution in [0.25, 0.3) is 0 Å². The molecule has 0 aliphatic rings. The minimum Gasteiger partial charge on any atom is -0.495 e. The third kappa shape index (κ3) is 3.84. The van der Waals surface area contributed by atoms with Gasteiger partial charge in [0.2, 0.25) is 0 Å². The van der Waals surface area contributed by atoms with E-state index in [4.69, 9.17) is 10.00 Å². The topological polar surface area (TPSA) is 45.0 Å². The molecule has 4 heteroatoms. The Labute approximate surface area is 133 Å². The molecule has 0 radical (unpaired) electrons. The lowest BCUT2D eigenvalue weighted by Gasteiger charge is -2.16. The van der Waals surface area contributed by atoms with Crippen LogP contribution in [-0.4, -0.2) is 7.11 Å². The van der Waals surface area contributed by atoms with Crippen LogP contribution in [0.1, 0.15) is 29.7 Å². The molecule has 1 N–H and O–H groups in total. The predicted molar refractivity (Wildman–Crippen MR) is 87.1 cm³/mol. The molecule has 21 heavy (non-hydrogen) atoms. The monoisotopic (exact) mass is 344 g/mol. The lowest BCUT2D eigenvalue weighted by molar-refractivity contribution is 0.413. The van der Waals surface area contributed by atoms with E-state index in [1.165, 1.54) is 5.56 Å². The first kappa shape index (κ1) is 15.6. The van der Waals surface area contributed by atoms with Crippen LogP contribution < -0.4 is 10.1 Å². The number of nitrogens with one attached hydrogen (secondary N) is 1. The highest BCUT2D eigenvalue weighted by molar-refractivity contribution is 9.10. The maximum atomic E-state index is 9.11. The van der Waals surface area contributed by atoms with Crippen molar-refractivity contribution in [2.75, 3.05) is 7.11 Å². The molecule has 0 spiro atoms. The van der Waals surface area contributed by atoms with E-state index in [0.717, 1.165) is 10.0 Å². The second kappa shape index (κ2) is 7.26. The van der Waals surface area contributed by atoms with Gasteiger partial charge in [-0.25, -0.2) is 0 Å². The maximum Gasteiger partial charge on any atom is 0.136 e. The molecule has 2 aromatic carbocycles. The first-order valence-corrected chi connectivity index (χ1v) is 7.50. The third-order valence-electron chi connectivity index (χ3n) is 3.37. The van der Waals surface area contributed by atoms with Crippen molar-refractivity contribution in [2.24, 2.45) is 0 Å². The Hall–Kier alpha value is -1.83. The average molecular weight is 345 g/mol. The standard InChI is InChI=1S/C17H17BrN2O/c1-12(15-5-3-4-6-16(15)18)20-11-13-7-8-17(21-2)14(9-13)10-19/h3-9,12,20H,11H2,1-2H3. The normalized spacial score (nSPS) is 11.7. The molecule has 3 nitrogen and oxygen atoms in total. The molecule has 0 bridgehead atoms. The number of nitriles is 1. The number of rotatable bonds is 5. The second-order valence-corrected chi connectivity index (χ2v) is 5.62. The summed E-state index contributed by atoms with van der Waals surface area (Å²) >= 11 is 3.57. The van der Waals surface area contributed by atoms with Crippen LogP contribution in [0, 0.1) is 11.3 Å². The quantitative estimate of drug-likeness (QED) is 0.884. The average Bonchev–Trinajstić information content (AvgIpc) is 2.52. The van der Waals surface area contributed by atoms with Gasteiger partial charge in [-0.05, 0) is 36.2 Å². The van der Waals surface area contributed by atoms with Crippen LogP contribution in [0.5, 0.6) is 5.75 Å². The molecule has 2 rings (SSSR count). The maximum absolute atomic E-state index is 9.11. The minimum absolute atomic E-state index is 0.216. The van der Waals surface area contributed by atoms with Crippen LogP contribution in [-0.2, 0) is 6.54 Å². The molecule has 1 unspecified atom stereocenters. The van der Waals surface area contributed by atoms with E-state index < -0.39 is 0 Å². The number of hydrogen-bond donors (Lipinski definition) is 1. The minimum atomic E-state index is 0.216. The van der Waals surface area contributed by atoms with Gasteiger partial charge in [0.25, 0.3) is 0 Å². The second-order valence-electron chi connectivity index (χ2n) is 4.77. The summed E-state index contributed by atoms with van der Waals surface area (Å²) in [6, 6.07) is 16.2. The fourth-order valence-corrected chi connectivity index (χ4v) is 2.79. The lowest BCUT2D eigenvalue weighted by atomic mass is 10.1. The van der Waals surface area contributed by atoms with Crippen LogP contribution in [0.3, 0.4) is 0 Å². The Morgan fingerprint density at radius 2 is 2.05 bits per heavy atom. The van der Waals surface area contributed by atoms with Gasteiger partial charge >= 0.3 is 0 Å². The van der Waals surface area contributed by atoms with Crippen LogP contribution in [0.15, 0.2) is 46.9 Å². The number of ether oxygens (including phenoxy) is 1. The van der Waals surface area contributed by atoms with Crippen molar-refractivity contribution in [1.82, 2.24) is 5.32 Å². The van der Waals surface area contributed by atoms with Gasteiger partial charge < -0.3 is 10.1 Å². The van der Waals surface area contributed by atoms with E-state index in [1.54, 1.807) is 7.11 Å². The Morgan fingerprint density at radius 1 is 1.29 bits per heavy atom. The summed E-state index contributed by atoms with van der Waals surface area (Å²) < 4.78 is 6.25. The highest BCUT2D eigenvalue weighted by atomic mass is 79.9. The molecule has 0 saturated heterocycles. The van der Waals surface area contributed by atoms with Crippen molar-refractivity contribution < 1.29 is 4.74 Å². The highest BCUT2D eigenvalue weighted by Gasteiger charge is 2.09. The predicted octanol–water partition coefficient (Wildman–Crippen LogP) is 4.18. The molecular formula is C17H17BrN2O. The zero-order valence-electron chi connectivity index (χ0n) is 12.1. The van der Waals surface area contributed by atoms with E-state index in [2.05, 4.69) is 40.3 Å². The van der Waals surface area contributed by atoms with Gasteiger partial charge in [0.05, 0.1) is 12.7 Å². The van der Waals surface area contributed by atoms with Gasteiger partial charge in [-0.3, -0.25) is 0 Å². The largest absolute Gasteiger partial charge is 0.495 e. The first-order valence-electron chi connectivity index (χ1n) is 6.70. The molecule has 0 aliphatic heterocycles. The van der Waals surface area contributed by atoms with Gasteiger partial charge in [-0.2, -0.15) is 5.26 Å². The van der Waals surface area contributed by atoms with Gasteiger partial charge in [0, 0.05) is 17.1 Å². The van der Waals surface area contributed by atoms with Gasteiger partial charge in [0.15, 0.2) is 0 Å². The van der Waals surface area contributed by atoms with Crippen molar-refractivity contribution in [3.05, 3.63) is 63.6 Å². The van der Waals surface area contributed by atoms with Crippen molar-refractivity contribution in [2.45, 2.75) is 19.5 Å². The third-order valence-corrected chi connectivity index (χ3v) is 4.09. The number of hydrogen-bond acceptors (Lipinski definition) is 3. The molecule has 2 aromatic rings. The van der Waals surface area contributed by atoms with E-state index in [0.29, 0.717) is 17.9 Å². The van der Waals surface area contributed by atoms with Gasteiger partial charge in [0.1, 0.15) is 11.8 Å². The summed E-state index contributed by atoms with van der Waals surface area (Å²) in [7, 11) is 1.57.